The zero-order valence-electron chi connectivity index (χ0n) is 11.5. The number of methoxy groups -OCH3 is 1. The topological polar surface area (TPSA) is 31.2 Å². The van der Waals surface area contributed by atoms with Crippen molar-refractivity contribution in [1.29, 1.82) is 0 Å². The minimum absolute atomic E-state index is 0.308. The van der Waals surface area contributed by atoms with E-state index in [-0.39, 0.29) is 5.97 Å². The lowest BCUT2D eigenvalue weighted by molar-refractivity contribution is 0.0600. The van der Waals surface area contributed by atoms with Crippen LogP contribution in [0, 0.1) is 0 Å². The normalized spacial score (nSPS) is 10.8. The molecule has 0 unspecified atom stereocenters. The molecule has 0 atom stereocenters. The van der Waals surface area contributed by atoms with Gasteiger partial charge in [0, 0.05) is 28.1 Å². The van der Waals surface area contributed by atoms with Gasteiger partial charge in [-0.15, -0.1) is 0 Å². The van der Waals surface area contributed by atoms with Gasteiger partial charge in [0.1, 0.15) is 0 Å². The first kappa shape index (κ1) is 13.9. The highest BCUT2D eigenvalue weighted by Gasteiger charge is 2.06. The number of nitrogens with zero attached hydrogens (tertiary/aromatic N) is 1. The third-order valence-corrected chi connectivity index (χ3v) is 3.95. The Hall–Kier alpha value is -2.07. The summed E-state index contributed by atoms with van der Waals surface area (Å²) in [5.74, 6) is -0.308. The molecule has 0 spiro atoms. The highest BCUT2D eigenvalue weighted by molar-refractivity contribution is 9.10. The molecule has 0 saturated heterocycles. The number of benzene rings is 2. The zero-order chi connectivity index (χ0) is 14.8. The van der Waals surface area contributed by atoms with Gasteiger partial charge in [0.25, 0.3) is 0 Å². The van der Waals surface area contributed by atoms with Crippen molar-refractivity contribution in [2.45, 2.75) is 6.54 Å². The maximum absolute atomic E-state index is 11.4. The van der Waals surface area contributed by atoms with E-state index in [1.807, 2.05) is 18.2 Å². The molecule has 0 fully saturated rings. The molecule has 0 aliphatic carbocycles. The average molecular weight is 344 g/mol. The van der Waals surface area contributed by atoms with Gasteiger partial charge >= 0.3 is 5.97 Å². The van der Waals surface area contributed by atoms with E-state index in [1.54, 1.807) is 12.1 Å². The van der Waals surface area contributed by atoms with Gasteiger partial charge in [-0.1, -0.05) is 28.1 Å². The van der Waals surface area contributed by atoms with E-state index < -0.39 is 0 Å². The molecule has 3 rings (SSSR count). The molecule has 3 nitrogen and oxygen atoms in total. The molecular weight excluding hydrogens is 330 g/mol. The lowest BCUT2D eigenvalue weighted by Gasteiger charge is -2.07. The van der Waals surface area contributed by atoms with Gasteiger partial charge in [-0.2, -0.15) is 0 Å². The van der Waals surface area contributed by atoms with Crippen molar-refractivity contribution in [3.05, 3.63) is 70.3 Å². The van der Waals surface area contributed by atoms with Crippen LogP contribution >= 0.6 is 15.9 Å². The fraction of sp³-hybridized carbons (Fsp3) is 0.118. The van der Waals surface area contributed by atoms with E-state index >= 15 is 0 Å². The van der Waals surface area contributed by atoms with Crippen LogP contribution in [0.4, 0.5) is 0 Å². The number of halogens is 1. The fourth-order valence-corrected chi connectivity index (χ4v) is 2.75. The molecule has 0 N–H and O–H groups in total. The molecule has 2 aromatic carbocycles. The molecule has 106 valence electrons. The number of fused-ring (bicyclic) bond motifs is 1. The van der Waals surface area contributed by atoms with Crippen LogP contribution in [0.2, 0.25) is 0 Å². The summed E-state index contributed by atoms with van der Waals surface area (Å²) in [6, 6.07) is 15.8. The van der Waals surface area contributed by atoms with Gasteiger partial charge in [0.2, 0.25) is 0 Å². The molecule has 0 radical (unpaired) electrons. The minimum Gasteiger partial charge on any atom is -0.465 e. The van der Waals surface area contributed by atoms with E-state index in [0.29, 0.717) is 5.56 Å². The molecular formula is C17H14BrNO2. The Kier molecular flexibility index (Phi) is 3.80. The van der Waals surface area contributed by atoms with E-state index in [2.05, 4.69) is 44.9 Å². The van der Waals surface area contributed by atoms with Crippen LogP contribution < -0.4 is 0 Å². The van der Waals surface area contributed by atoms with Crippen molar-refractivity contribution in [2.24, 2.45) is 0 Å². The second-order valence-electron chi connectivity index (χ2n) is 4.84. The van der Waals surface area contributed by atoms with Crippen LogP contribution in [0.25, 0.3) is 10.9 Å². The first-order chi connectivity index (χ1) is 10.2. The molecule has 3 aromatic rings. The van der Waals surface area contributed by atoms with Gasteiger partial charge in [0.05, 0.1) is 12.7 Å². The lowest BCUT2D eigenvalue weighted by atomic mass is 10.1. The minimum atomic E-state index is -0.308. The van der Waals surface area contributed by atoms with Crippen molar-refractivity contribution in [3.8, 4) is 0 Å². The largest absolute Gasteiger partial charge is 0.465 e. The van der Waals surface area contributed by atoms with Crippen molar-refractivity contribution in [1.82, 2.24) is 4.57 Å². The third kappa shape index (κ3) is 2.85. The summed E-state index contributed by atoms with van der Waals surface area (Å²) in [4.78, 5) is 11.4. The van der Waals surface area contributed by atoms with Crippen LogP contribution in [-0.4, -0.2) is 17.6 Å². The molecule has 0 aliphatic heterocycles. The van der Waals surface area contributed by atoms with Crippen LogP contribution in [0.5, 0.6) is 0 Å². The first-order valence-corrected chi connectivity index (χ1v) is 7.38. The Morgan fingerprint density at radius 1 is 1.14 bits per heavy atom. The number of rotatable bonds is 3. The summed E-state index contributed by atoms with van der Waals surface area (Å²) >= 11 is 3.48. The summed E-state index contributed by atoms with van der Waals surface area (Å²) in [5, 5.41) is 1.20. The maximum atomic E-state index is 11.4. The molecule has 0 amide bonds. The Bertz CT molecular complexity index is 790. The smallest absolute Gasteiger partial charge is 0.337 e. The lowest BCUT2D eigenvalue weighted by Crippen LogP contribution is -2.02. The number of ether oxygens (including phenoxy) is 1. The second kappa shape index (κ2) is 5.74. The molecule has 4 heteroatoms. The van der Waals surface area contributed by atoms with E-state index in [4.69, 9.17) is 4.74 Å². The van der Waals surface area contributed by atoms with Crippen LogP contribution in [0.15, 0.2) is 59.2 Å². The highest BCUT2D eigenvalue weighted by Crippen LogP contribution is 2.21. The van der Waals surface area contributed by atoms with Gasteiger partial charge < -0.3 is 9.30 Å². The predicted octanol–water partition coefficient (Wildman–Crippen LogP) is 4.24. The van der Waals surface area contributed by atoms with E-state index in [0.717, 1.165) is 16.6 Å². The van der Waals surface area contributed by atoms with Crippen molar-refractivity contribution in [2.75, 3.05) is 7.11 Å². The van der Waals surface area contributed by atoms with Gasteiger partial charge in [0.15, 0.2) is 0 Å². The van der Waals surface area contributed by atoms with E-state index in [9.17, 15) is 4.79 Å². The number of carbonyl (C=O) groups excluding carboxylic acids is 1. The quantitative estimate of drug-likeness (QED) is 0.666. The number of aromatic nitrogens is 1. The van der Waals surface area contributed by atoms with Gasteiger partial charge in [-0.3, -0.25) is 0 Å². The zero-order valence-corrected chi connectivity index (χ0v) is 13.1. The van der Waals surface area contributed by atoms with Crippen molar-refractivity contribution >= 4 is 32.8 Å². The summed E-state index contributed by atoms with van der Waals surface area (Å²) < 4.78 is 7.97. The Morgan fingerprint density at radius 3 is 2.62 bits per heavy atom. The summed E-state index contributed by atoms with van der Waals surface area (Å²) in [6.45, 7) is 0.770. The Morgan fingerprint density at radius 2 is 1.90 bits per heavy atom. The molecule has 0 bridgehead atoms. The number of esters is 1. The van der Waals surface area contributed by atoms with Crippen LogP contribution in [0.3, 0.4) is 0 Å². The van der Waals surface area contributed by atoms with Crippen LogP contribution in [0.1, 0.15) is 15.9 Å². The number of hydrogen-bond donors (Lipinski definition) is 0. The monoisotopic (exact) mass is 343 g/mol. The molecule has 0 saturated carbocycles. The van der Waals surface area contributed by atoms with E-state index in [1.165, 1.54) is 18.0 Å². The molecule has 1 aromatic heterocycles. The third-order valence-electron chi connectivity index (χ3n) is 3.46. The number of hydrogen-bond acceptors (Lipinski definition) is 2. The SMILES string of the molecule is COC(=O)c1ccc(Cn2ccc3cc(Br)ccc32)cc1. The molecule has 21 heavy (non-hydrogen) atoms. The van der Waals surface area contributed by atoms with Gasteiger partial charge in [-0.25, -0.2) is 4.79 Å². The van der Waals surface area contributed by atoms with Crippen molar-refractivity contribution in [3.63, 3.8) is 0 Å². The first-order valence-electron chi connectivity index (χ1n) is 6.59. The standard InChI is InChI=1S/C17H14BrNO2/c1-21-17(20)13-4-2-12(3-5-13)11-19-9-8-14-10-15(18)6-7-16(14)19/h2-10H,11H2,1H3. The summed E-state index contributed by atoms with van der Waals surface area (Å²) in [5.41, 5.74) is 2.90. The fourth-order valence-electron chi connectivity index (χ4n) is 2.37. The highest BCUT2D eigenvalue weighted by atomic mass is 79.9. The average Bonchev–Trinajstić information content (AvgIpc) is 2.89. The predicted molar refractivity (Wildman–Crippen MR) is 86.5 cm³/mol. The van der Waals surface area contributed by atoms with Gasteiger partial charge in [-0.05, 0) is 42.0 Å². The summed E-state index contributed by atoms with van der Waals surface area (Å²) in [6.07, 6.45) is 2.07. The Labute approximate surface area is 131 Å². The molecule has 0 aliphatic rings. The Balaban J connectivity index is 1.86. The molecule has 1 heterocycles. The number of carbonyl (C=O) groups is 1. The summed E-state index contributed by atoms with van der Waals surface area (Å²) in [7, 11) is 1.39. The van der Waals surface area contributed by atoms with Crippen LogP contribution in [-0.2, 0) is 11.3 Å². The second-order valence-corrected chi connectivity index (χ2v) is 5.75. The van der Waals surface area contributed by atoms with Crippen molar-refractivity contribution < 1.29 is 9.53 Å². The maximum Gasteiger partial charge on any atom is 0.337 e.